The Morgan fingerprint density at radius 3 is 2.47 bits per heavy atom. The van der Waals surface area contributed by atoms with Crippen LogP contribution >= 0.6 is 11.6 Å². The second-order valence-electron chi connectivity index (χ2n) is 4.17. The maximum absolute atomic E-state index is 13.3. The first kappa shape index (κ1) is 12.0. The van der Waals surface area contributed by atoms with Crippen molar-refractivity contribution in [1.82, 2.24) is 14.5 Å². The van der Waals surface area contributed by atoms with E-state index >= 15 is 0 Å². The lowest BCUT2D eigenvalue weighted by Gasteiger charge is -2.05. The Labute approximate surface area is 112 Å². The minimum Gasteiger partial charge on any atom is -0.301 e. The summed E-state index contributed by atoms with van der Waals surface area (Å²) in [5.74, 6) is -1.29. The summed E-state index contributed by atoms with van der Waals surface area (Å²) >= 11 is 6.01. The van der Waals surface area contributed by atoms with Crippen LogP contribution in [0.15, 0.2) is 30.7 Å². The molecule has 0 fully saturated rings. The van der Waals surface area contributed by atoms with Crippen molar-refractivity contribution in [3.63, 3.8) is 0 Å². The third-order valence-electron chi connectivity index (χ3n) is 2.85. The maximum atomic E-state index is 13.3. The maximum Gasteiger partial charge on any atom is 0.149 e. The van der Waals surface area contributed by atoms with Gasteiger partial charge in [-0.05, 0) is 24.6 Å². The predicted octanol–water partition coefficient (Wildman–Crippen LogP) is 3.66. The number of hydrogen-bond acceptors (Lipinski definition) is 2. The second kappa shape index (κ2) is 4.28. The van der Waals surface area contributed by atoms with Crippen molar-refractivity contribution in [2.75, 3.05) is 0 Å². The molecule has 3 rings (SSSR count). The van der Waals surface area contributed by atoms with Crippen molar-refractivity contribution in [3.05, 3.63) is 53.1 Å². The van der Waals surface area contributed by atoms with Crippen molar-refractivity contribution >= 4 is 22.6 Å². The molecular formula is C13H8ClF2N3. The first-order chi connectivity index (χ1) is 9.06. The van der Waals surface area contributed by atoms with Gasteiger partial charge in [-0.15, -0.1) is 0 Å². The molecule has 0 aliphatic rings. The van der Waals surface area contributed by atoms with E-state index in [-0.39, 0.29) is 0 Å². The first-order valence-corrected chi connectivity index (χ1v) is 5.88. The Kier molecular flexibility index (Phi) is 2.71. The van der Waals surface area contributed by atoms with E-state index in [1.807, 2.05) is 6.92 Å². The summed E-state index contributed by atoms with van der Waals surface area (Å²) in [7, 11) is 0. The normalized spacial score (nSPS) is 11.2. The van der Waals surface area contributed by atoms with Crippen molar-refractivity contribution in [2.24, 2.45) is 0 Å². The largest absolute Gasteiger partial charge is 0.301 e. The van der Waals surface area contributed by atoms with Crippen LogP contribution in [0.1, 0.15) is 5.56 Å². The van der Waals surface area contributed by atoms with E-state index < -0.39 is 11.6 Å². The fraction of sp³-hybridized carbons (Fsp3) is 0.0769. The molecule has 0 radical (unpaired) electrons. The quantitative estimate of drug-likeness (QED) is 0.637. The van der Waals surface area contributed by atoms with E-state index in [4.69, 9.17) is 11.6 Å². The minimum atomic E-state index is -0.644. The zero-order valence-electron chi connectivity index (χ0n) is 9.86. The van der Waals surface area contributed by atoms with Gasteiger partial charge in [-0.2, -0.15) is 0 Å². The molecule has 3 nitrogen and oxygen atoms in total. The highest BCUT2D eigenvalue weighted by atomic mass is 35.5. The van der Waals surface area contributed by atoms with Gasteiger partial charge >= 0.3 is 0 Å². The number of fused-ring (bicyclic) bond motifs is 1. The number of halogens is 3. The van der Waals surface area contributed by atoms with Crippen LogP contribution in [0.25, 0.3) is 16.7 Å². The van der Waals surface area contributed by atoms with Crippen LogP contribution in [0, 0.1) is 18.6 Å². The lowest BCUT2D eigenvalue weighted by Crippen LogP contribution is -1.96. The Morgan fingerprint density at radius 1 is 1.11 bits per heavy atom. The molecule has 0 N–H and O–H groups in total. The highest BCUT2D eigenvalue weighted by Gasteiger charge is 2.13. The molecule has 0 bridgehead atoms. The molecule has 3 aromatic rings. The zero-order valence-corrected chi connectivity index (χ0v) is 10.6. The lowest BCUT2D eigenvalue weighted by atomic mass is 10.3. The molecule has 0 saturated carbocycles. The average molecular weight is 280 g/mol. The number of aromatic nitrogens is 3. The van der Waals surface area contributed by atoms with Gasteiger partial charge in [0.1, 0.15) is 28.8 Å². The average Bonchev–Trinajstić information content (AvgIpc) is 2.67. The van der Waals surface area contributed by atoms with Gasteiger partial charge in [0.25, 0.3) is 0 Å². The Morgan fingerprint density at radius 2 is 1.79 bits per heavy atom. The molecule has 0 spiro atoms. The molecule has 0 aliphatic carbocycles. The van der Waals surface area contributed by atoms with Crippen LogP contribution in [0.3, 0.4) is 0 Å². The summed E-state index contributed by atoms with van der Waals surface area (Å²) in [6.45, 7) is 1.84. The molecule has 6 heteroatoms. The summed E-state index contributed by atoms with van der Waals surface area (Å²) in [6, 6.07) is 3.29. The van der Waals surface area contributed by atoms with Gasteiger partial charge in [-0.1, -0.05) is 11.6 Å². The van der Waals surface area contributed by atoms with E-state index in [9.17, 15) is 8.78 Å². The monoisotopic (exact) mass is 279 g/mol. The highest BCUT2D eigenvalue weighted by Crippen LogP contribution is 2.27. The third kappa shape index (κ3) is 1.96. The van der Waals surface area contributed by atoms with Crippen molar-refractivity contribution in [1.29, 1.82) is 0 Å². The van der Waals surface area contributed by atoms with Gasteiger partial charge in [-0.3, -0.25) is 0 Å². The first-order valence-electron chi connectivity index (χ1n) is 5.51. The highest BCUT2D eigenvalue weighted by molar-refractivity contribution is 6.34. The number of hydrogen-bond donors (Lipinski definition) is 0. The molecule has 2 aromatic heterocycles. The summed E-state index contributed by atoms with van der Waals surface area (Å²) in [4.78, 5) is 8.02. The summed E-state index contributed by atoms with van der Waals surface area (Å²) in [5.41, 5.74) is 1.71. The number of nitrogens with zero attached hydrogens (tertiary/aromatic N) is 3. The fourth-order valence-electron chi connectivity index (χ4n) is 2.07. The lowest BCUT2D eigenvalue weighted by molar-refractivity contribution is 0.582. The van der Waals surface area contributed by atoms with Crippen LogP contribution in [0.5, 0.6) is 0 Å². The van der Waals surface area contributed by atoms with Crippen molar-refractivity contribution in [3.8, 4) is 5.69 Å². The molecule has 0 amide bonds. The van der Waals surface area contributed by atoms with Crippen molar-refractivity contribution in [2.45, 2.75) is 6.92 Å². The molecule has 2 heterocycles. The molecule has 19 heavy (non-hydrogen) atoms. The number of benzene rings is 1. The van der Waals surface area contributed by atoms with Crippen molar-refractivity contribution < 1.29 is 8.78 Å². The Hall–Kier alpha value is -2.01. The van der Waals surface area contributed by atoms with Gasteiger partial charge in [0.05, 0.1) is 11.1 Å². The smallest absolute Gasteiger partial charge is 0.149 e. The summed E-state index contributed by atoms with van der Waals surface area (Å²) in [6.07, 6.45) is 3.04. The molecule has 0 aliphatic heterocycles. The van der Waals surface area contributed by atoms with Gasteiger partial charge < -0.3 is 4.57 Å². The molecule has 0 atom stereocenters. The van der Waals surface area contributed by atoms with Gasteiger partial charge in [-0.25, -0.2) is 18.7 Å². The molecular weight excluding hydrogens is 272 g/mol. The summed E-state index contributed by atoms with van der Waals surface area (Å²) < 4.78 is 28.2. The number of rotatable bonds is 1. The number of aryl methyl sites for hydroxylation is 1. The molecule has 0 saturated heterocycles. The predicted molar refractivity (Wildman–Crippen MR) is 68.5 cm³/mol. The van der Waals surface area contributed by atoms with Crippen LogP contribution in [-0.4, -0.2) is 14.5 Å². The standard InChI is InChI=1S/C13H8ClF2N3/c1-7-5-19(10-3-8(15)2-9(16)4-10)13-11(7)12(14)17-6-18-13/h2-6H,1H3. The van der Waals surface area contributed by atoms with Crippen LogP contribution < -0.4 is 0 Å². The summed E-state index contributed by atoms with van der Waals surface area (Å²) in [5, 5.41) is 0.993. The molecule has 96 valence electrons. The second-order valence-corrected chi connectivity index (χ2v) is 4.53. The zero-order chi connectivity index (χ0) is 13.6. The Balaban J connectivity index is 2.34. The SMILES string of the molecule is Cc1cn(-c2cc(F)cc(F)c2)c2ncnc(Cl)c12. The van der Waals surface area contributed by atoms with Crippen LogP contribution in [0.2, 0.25) is 5.15 Å². The Bertz CT molecular complexity index is 763. The van der Waals surface area contributed by atoms with Crippen LogP contribution in [0.4, 0.5) is 8.78 Å². The molecule has 0 unspecified atom stereocenters. The van der Waals surface area contributed by atoms with Gasteiger partial charge in [0.15, 0.2) is 0 Å². The minimum absolute atomic E-state index is 0.318. The van der Waals surface area contributed by atoms with E-state index in [0.29, 0.717) is 21.9 Å². The topological polar surface area (TPSA) is 30.7 Å². The van der Waals surface area contributed by atoms with E-state index in [0.717, 1.165) is 11.6 Å². The van der Waals surface area contributed by atoms with Gasteiger partial charge in [0, 0.05) is 12.3 Å². The molecule has 1 aromatic carbocycles. The van der Waals surface area contributed by atoms with E-state index in [2.05, 4.69) is 9.97 Å². The van der Waals surface area contributed by atoms with Gasteiger partial charge in [0.2, 0.25) is 0 Å². The third-order valence-corrected chi connectivity index (χ3v) is 3.14. The van der Waals surface area contributed by atoms with E-state index in [1.54, 1.807) is 10.8 Å². The van der Waals surface area contributed by atoms with E-state index in [1.165, 1.54) is 18.5 Å². The van der Waals surface area contributed by atoms with Crippen LogP contribution in [-0.2, 0) is 0 Å². The fourth-order valence-corrected chi connectivity index (χ4v) is 2.35.